The van der Waals surface area contributed by atoms with Crippen LogP contribution in [0.4, 0.5) is 5.69 Å². The average molecular weight is 342 g/mol. The van der Waals surface area contributed by atoms with Crippen LogP contribution < -0.4 is 5.76 Å². The molecule has 20 heavy (non-hydrogen) atoms. The average Bonchev–Trinajstić information content (AvgIpc) is 2.71. The number of halogens is 1. The molecular weight excluding hydrogens is 330 g/mol. The van der Waals surface area contributed by atoms with E-state index in [4.69, 9.17) is 4.42 Å². The van der Waals surface area contributed by atoms with Crippen LogP contribution in [-0.4, -0.2) is 14.7 Å². The van der Waals surface area contributed by atoms with E-state index in [0.29, 0.717) is 16.1 Å². The maximum absolute atomic E-state index is 11.8. The molecule has 0 radical (unpaired) electrons. The highest BCUT2D eigenvalue weighted by molar-refractivity contribution is 9.10. The van der Waals surface area contributed by atoms with Crippen molar-refractivity contribution in [2.24, 2.45) is 0 Å². The first-order valence-corrected chi connectivity index (χ1v) is 6.54. The van der Waals surface area contributed by atoms with E-state index in [2.05, 4.69) is 21.0 Å². The lowest BCUT2D eigenvalue weighted by Gasteiger charge is -2.10. The van der Waals surface area contributed by atoms with Gasteiger partial charge < -0.3 is 4.42 Å². The fourth-order valence-corrected chi connectivity index (χ4v) is 2.05. The Hall–Kier alpha value is -1.96. The molecular formula is C12H12BrN3O4. The third kappa shape index (κ3) is 2.64. The van der Waals surface area contributed by atoms with Gasteiger partial charge in [0.25, 0.3) is 5.69 Å². The minimum absolute atomic E-state index is 0.0757. The SMILES string of the molecule is CC(C)(C)c1nn(-c2ccc([N+](=O)[O-])cc2Br)c(=O)o1. The van der Waals surface area contributed by atoms with Gasteiger partial charge in [0.05, 0.1) is 15.1 Å². The van der Waals surface area contributed by atoms with Gasteiger partial charge >= 0.3 is 5.76 Å². The van der Waals surface area contributed by atoms with Crippen LogP contribution in [0.2, 0.25) is 0 Å². The molecule has 0 saturated carbocycles. The molecule has 7 nitrogen and oxygen atoms in total. The van der Waals surface area contributed by atoms with Crippen LogP contribution in [0.5, 0.6) is 0 Å². The van der Waals surface area contributed by atoms with Crippen molar-refractivity contribution >= 4 is 21.6 Å². The number of non-ortho nitro benzene ring substituents is 1. The summed E-state index contributed by atoms with van der Waals surface area (Å²) in [6, 6.07) is 4.06. The summed E-state index contributed by atoms with van der Waals surface area (Å²) in [4.78, 5) is 22.0. The molecule has 0 amide bonds. The molecule has 1 aromatic heterocycles. The Balaban J connectivity index is 2.55. The summed E-state index contributed by atoms with van der Waals surface area (Å²) in [7, 11) is 0. The van der Waals surface area contributed by atoms with Gasteiger partial charge in [-0.25, -0.2) is 4.79 Å². The number of nitro groups is 1. The normalized spacial score (nSPS) is 11.6. The van der Waals surface area contributed by atoms with Gasteiger partial charge in [-0.3, -0.25) is 10.1 Å². The largest absolute Gasteiger partial charge is 0.442 e. The number of rotatable bonds is 2. The number of aromatic nitrogens is 2. The van der Waals surface area contributed by atoms with E-state index in [1.807, 2.05) is 20.8 Å². The Bertz CT molecular complexity index is 727. The zero-order valence-corrected chi connectivity index (χ0v) is 12.7. The number of hydrogen-bond donors (Lipinski definition) is 0. The van der Waals surface area contributed by atoms with Gasteiger partial charge in [-0.05, 0) is 22.0 Å². The van der Waals surface area contributed by atoms with Crippen LogP contribution in [0, 0.1) is 10.1 Å². The zero-order valence-electron chi connectivity index (χ0n) is 11.1. The molecule has 0 aliphatic carbocycles. The van der Waals surface area contributed by atoms with E-state index in [0.717, 1.165) is 4.68 Å². The molecule has 0 unspecified atom stereocenters. The van der Waals surface area contributed by atoms with Gasteiger partial charge in [0.1, 0.15) is 0 Å². The lowest BCUT2D eigenvalue weighted by atomic mass is 9.97. The fraction of sp³-hybridized carbons (Fsp3) is 0.333. The zero-order chi connectivity index (χ0) is 15.1. The minimum atomic E-state index is -0.635. The first-order valence-electron chi connectivity index (χ1n) is 5.75. The Morgan fingerprint density at radius 1 is 1.40 bits per heavy atom. The molecule has 0 spiro atoms. The second-order valence-corrected chi connectivity index (χ2v) is 6.08. The predicted molar refractivity (Wildman–Crippen MR) is 75.2 cm³/mol. The van der Waals surface area contributed by atoms with Crippen LogP contribution in [0.15, 0.2) is 31.9 Å². The molecule has 0 atom stereocenters. The summed E-state index contributed by atoms with van der Waals surface area (Å²) in [5.74, 6) is -0.336. The summed E-state index contributed by atoms with van der Waals surface area (Å²) in [5.41, 5.74) is -0.0921. The molecule has 0 aliphatic rings. The lowest BCUT2D eigenvalue weighted by Crippen LogP contribution is -2.15. The van der Waals surface area contributed by atoms with Crippen molar-refractivity contribution in [1.82, 2.24) is 9.78 Å². The fourth-order valence-electron chi connectivity index (χ4n) is 1.51. The highest BCUT2D eigenvalue weighted by Gasteiger charge is 2.23. The minimum Gasteiger partial charge on any atom is -0.391 e. The summed E-state index contributed by atoms with van der Waals surface area (Å²) in [5, 5.41) is 14.8. The quantitative estimate of drug-likeness (QED) is 0.618. The van der Waals surface area contributed by atoms with Gasteiger partial charge in [0, 0.05) is 17.5 Å². The monoisotopic (exact) mass is 341 g/mol. The molecule has 1 aromatic carbocycles. The van der Waals surface area contributed by atoms with E-state index >= 15 is 0 Å². The second kappa shape index (κ2) is 4.86. The predicted octanol–water partition coefficient (Wildman–Crippen LogP) is 2.79. The van der Waals surface area contributed by atoms with Crippen molar-refractivity contribution in [1.29, 1.82) is 0 Å². The highest BCUT2D eigenvalue weighted by atomic mass is 79.9. The van der Waals surface area contributed by atoms with Crippen molar-refractivity contribution in [3.8, 4) is 5.69 Å². The summed E-state index contributed by atoms with van der Waals surface area (Å²) in [6.07, 6.45) is 0. The molecule has 0 bridgehead atoms. The number of nitrogens with zero attached hydrogens (tertiary/aromatic N) is 3. The van der Waals surface area contributed by atoms with E-state index in [9.17, 15) is 14.9 Å². The van der Waals surface area contributed by atoms with Gasteiger partial charge in [-0.15, -0.1) is 5.10 Å². The first-order chi connectivity index (χ1) is 9.20. The second-order valence-electron chi connectivity index (χ2n) is 5.23. The Kier molecular flexibility index (Phi) is 3.51. The standard InChI is InChI=1S/C12H12BrN3O4/c1-12(2,3)10-14-15(11(17)20-10)9-5-4-7(16(18)19)6-8(9)13/h4-6H,1-3H3. The Labute approximate surface area is 122 Å². The van der Waals surface area contributed by atoms with Gasteiger partial charge in [-0.2, -0.15) is 4.68 Å². The maximum Gasteiger partial charge on any atom is 0.442 e. The van der Waals surface area contributed by atoms with E-state index in [1.165, 1.54) is 18.2 Å². The molecule has 1 heterocycles. The van der Waals surface area contributed by atoms with Crippen molar-refractivity contribution in [2.45, 2.75) is 26.2 Å². The summed E-state index contributed by atoms with van der Waals surface area (Å²) < 4.78 is 6.58. The van der Waals surface area contributed by atoms with Crippen molar-refractivity contribution in [2.75, 3.05) is 0 Å². The van der Waals surface area contributed by atoms with Crippen molar-refractivity contribution < 1.29 is 9.34 Å². The number of hydrogen-bond acceptors (Lipinski definition) is 5. The van der Waals surface area contributed by atoms with Gasteiger partial charge in [-0.1, -0.05) is 20.8 Å². The molecule has 2 aromatic rings. The number of nitro benzene ring substituents is 1. The van der Waals surface area contributed by atoms with Crippen LogP contribution in [-0.2, 0) is 5.41 Å². The van der Waals surface area contributed by atoms with Crippen LogP contribution in [0.3, 0.4) is 0 Å². The van der Waals surface area contributed by atoms with E-state index < -0.39 is 16.1 Å². The molecule has 106 valence electrons. The van der Waals surface area contributed by atoms with Gasteiger partial charge in [0.2, 0.25) is 5.89 Å². The van der Waals surface area contributed by atoms with Crippen LogP contribution in [0.1, 0.15) is 26.7 Å². The molecule has 0 saturated heterocycles. The molecule has 8 heteroatoms. The molecule has 2 rings (SSSR count). The van der Waals surface area contributed by atoms with E-state index in [-0.39, 0.29) is 5.69 Å². The topological polar surface area (TPSA) is 91.2 Å². The molecule has 0 N–H and O–H groups in total. The maximum atomic E-state index is 11.8. The summed E-state index contributed by atoms with van der Waals surface area (Å²) in [6.45, 7) is 5.61. The number of benzene rings is 1. The summed E-state index contributed by atoms with van der Waals surface area (Å²) >= 11 is 3.20. The van der Waals surface area contributed by atoms with Crippen LogP contribution in [0.25, 0.3) is 5.69 Å². The van der Waals surface area contributed by atoms with Gasteiger partial charge in [0.15, 0.2) is 0 Å². The highest BCUT2D eigenvalue weighted by Crippen LogP contribution is 2.26. The third-order valence-electron chi connectivity index (χ3n) is 2.56. The third-order valence-corrected chi connectivity index (χ3v) is 3.19. The lowest BCUT2D eigenvalue weighted by molar-refractivity contribution is -0.384. The van der Waals surface area contributed by atoms with Crippen molar-refractivity contribution in [3.05, 3.63) is 49.2 Å². The molecule has 0 fully saturated rings. The Morgan fingerprint density at radius 3 is 2.50 bits per heavy atom. The molecule has 0 aliphatic heterocycles. The van der Waals surface area contributed by atoms with Crippen LogP contribution >= 0.6 is 15.9 Å². The van der Waals surface area contributed by atoms with E-state index in [1.54, 1.807) is 0 Å². The smallest absolute Gasteiger partial charge is 0.391 e. The van der Waals surface area contributed by atoms with Crippen molar-refractivity contribution in [3.63, 3.8) is 0 Å². The Morgan fingerprint density at radius 2 is 2.05 bits per heavy atom. The first kappa shape index (κ1) is 14.4.